The van der Waals surface area contributed by atoms with Crippen LogP contribution in [-0.4, -0.2) is 35.3 Å². The van der Waals surface area contributed by atoms with Crippen molar-refractivity contribution in [2.45, 2.75) is 39.4 Å². The molecule has 0 aliphatic carbocycles. The zero-order valence-corrected chi connectivity index (χ0v) is 11.3. The van der Waals surface area contributed by atoms with Crippen LogP contribution in [-0.2, 0) is 0 Å². The Bertz CT molecular complexity index is 393. The van der Waals surface area contributed by atoms with Gasteiger partial charge in [0.15, 0.2) is 0 Å². The van der Waals surface area contributed by atoms with Crippen LogP contribution in [0.25, 0.3) is 0 Å². The second-order valence-corrected chi connectivity index (χ2v) is 4.53. The van der Waals surface area contributed by atoms with Crippen LogP contribution >= 0.6 is 0 Å². The third kappa shape index (κ3) is 5.32. The molecule has 1 aromatic heterocycles. The molecule has 0 aliphatic heterocycles. The lowest BCUT2D eigenvalue weighted by atomic mass is 10.3. The molecule has 0 spiro atoms. The number of nitrogens with zero attached hydrogens (tertiary/aromatic N) is 3. The Kier molecular flexibility index (Phi) is 5.38. The monoisotopic (exact) mass is 276 g/mol. The van der Waals surface area contributed by atoms with Gasteiger partial charge in [0.25, 0.3) is 0 Å². The van der Waals surface area contributed by atoms with E-state index in [0.29, 0.717) is 5.82 Å². The molecule has 1 aromatic rings. The van der Waals surface area contributed by atoms with Crippen molar-refractivity contribution in [3.8, 4) is 0 Å². The van der Waals surface area contributed by atoms with Gasteiger partial charge in [0, 0.05) is 18.7 Å². The number of alkyl halides is 3. The van der Waals surface area contributed by atoms with E-state index < -0.39 is 12.7 Å². The topological polar surface area (TPSA) is 41.0 Å². The van der Waals surface area contributed by atoms with Crippen LogP contribution < -0.4 is 10.2 Å². The highest BCUT2D eigenvalue weighted by atomic mass is 19.4. The summed E-state index contributed by atoms with van der Waals surface area (Å²) in [6, 6.07) is 1.25. The van der Waals surface area contributed by atoms with Gasteiger partial charge in [-0.2, -0.15) is 13.2 Å². The molecule has 108 valence electrons. The molecule has 0 bridgehead atoms. The first-order valence-corrected chi connectivity index (χ1v) is 6.22. The summed E-state index contributed by atoms with van der Waals surface area (Å²) in [6.45, 7) is 5.10. The summed E-state index contributed by atoms with van der Waals surface area (Å²) in [5.74, 6) is 0.820. The smallest absolute Gasteiger partial charge is 0.370 e. The molecule has 1 N–H and O–H groups in total. The molecule has 19 heavy (non-hydrogen) atoms. The lowest BCUT2D eigenvalue weighted by Crippen LogP contribution is -2.39. The summed E-state index contributed by atoms with van der Waals surface area (Å²) >= 11 is 0. The maximum Gasteiger partial charge on any atom is 0.405 e. The molecule has 4 nitrogen and oxygen atoms in total. The van der Waals surface area contributed by atoms with E-state index in [9.17, 15) is 13.2 Å². The molecule has 0 fully saturated rings. The third-order valence-electron chi connectivity index (χ3n) is 2.48. The van der Waals surface area contributed by atoms with Crippen LogP contribution in [0.4, 0.5) is 24.8 Å². The number of aromatic nitrogens is 2. The first kappa shape index (κ1) is 15.5. The van der Waals surface area contributed by atoms with Crippen LogP contribution in [0.1, 0.15) is 27.2 Å². The second kappa shape index (κ2) is 6.58. The fraction of sp³-hybridized carbons (Fsp3) is 0.667. The fourth-order valence-corrected chi connectivity index (χ4v) is 1.58. The SMILES string of the molecule is CCCNc1cc(N(CC(F)(F)F)C(C)C)ncn1. The first-order chi connectivity index (χ1) is 8.83. The number of rotatable bonds is 6. The minimum Gasteiger partial charge on any atom is -0.370 e. The average molecular weight is 276 g/mol. The van der Waals surface area contributed by atoms with Crippen molar-refractivity contribution in [2.75, 3.05) is 23.3 Å². The molecule has 0 amide bonds. The quantitative estimate of drug-likeness (QED) is 0.867. The number of halogens is 3. The molecule has 7 heteroatoms. The summed E-state index contributed by atoms with van der Waals surface area (Å²) in [4.78, 5) is 9.12. The Morgan fingerprint density at radius 2 is 2.00 bits per heavy atom. The van der Waals surface area contributed by atoms with Crippen molar-refractivity contribution in [1.29, 1.82) is 0 Å². The predicted molar refractivity (Wildman–Crippen MR) is 69.3 cm³/mol. The van der Waals surface area contributed by atoms with Crippen molar-refractivity contribution in [3.63, 3.8) is 0 Å². The molecular weight excluding hydrogens is 257 g/mol. The van der Waals surface area contributed by atoms with Crippen molar-refractivity contribution in [2.24, 2.45) is 0 Å². The predicted octanol–water partition coefficient (Wildman–Crippen LogP) is 3.08. The van der Waals surface area contributed by atoms with E-state index in [1.165, 1.54) is 11.2 Å². The highest BCUT2D eigenvalue weighted by Crippen LogP contribution is 2.23. The molecular formula is C12H19F3N4. The number of anilines is 2. The van der Waals surface area contributed by atoms with E-state index in [1.807, 2.05) is 6.92 Å². The van der Waals surface area contributed by atoms with Gasteiger partial charge in [-0.1, -0.05) is 6.92 Å². The number of hydrogen-bond acceptors (Lipinski definition) is 4. The zero-order valence-electron chi connectivity index (χ0n) is 11.3. The lowest BCUT2D eigenvalue weighted by Gasteiger charge is -2.28. The van der Waals surface area contributed by atoms with Gasteiger partial charge in [0.05, 0.1) is 0 Å². The molecule has 0 radical (unpaired) electrons. The molecule has 0 unspecified atom stereocenters. The maximum atomic E-state index is 12.6. The Morgan fingerprint density at radius 1 is 1.32 bits per heavy atom. The third-order valence-corrected chi connectivity index (χ3v) is 2.48. The highest BCUT2D eigenvalue weighted by Gasteiger charge is 2.32. The minimum absolute atomic E-state index is 0.279. The summed E-state index contributed by atoms with van der Waals surface area (Å²) in [6.07, 6.45) is -2.07. The largest absolute Gasteiger partial charge is 0.405 e. The molecule has 0 aliphatic rings. The molecule has 0 aromatic carbocycles. The van der Waals surface area contributed by atoms with Gasteiger partial charge in [-0.25, -0.2) is 9.97 Å². The summed E-state index contributed by atoms with van der Waals surface area (Å²) < 4.78 is 37.7. The Balaban J connectivity index is 2.90. The van der Waals surface area contributed by atoms with E-state index in [4.69, 9.17) is 0 Å². The van der Waals surface area contributed by atoms with Gasteiger partial charge in [0.2, 0.25) is 0 Å². The van der Waals surface area contributed by atoms with Crippen LogP contribution in [0.2, 0.25) is 0 Å². The lowest BCUT2D eigenvalue weighted by molar-refractivity contribution is -0.120. The van der Waals surface area contributed by atoms with Gasteiger partial charge in [-0.05, 0) is 20.3 Å². The summed E-state index contributed by atoms with van der Waals surface area (Å²) in [5.41, 5.74) is 0. The van der Waals surface area contributed by atoms with Crippen LogP contribution in [0.5, 0.6) is 0 Å². The molecule has 1 heterocycles. The van der Waals surface area contributed by atoms with Crippen LogP contribution in [0.15, 0.2) is 12.4 Å². The van der Waals surface area contributed by atoms with Gasteiger partial charge in [0.1, 0.15) is 24.5 Å². The number of hydrogen-bond donors (Lipinski definition) is 1. The van der Waals surface area contributed by atoms with Gasteiger partial charge in [-0.15, -0.1) is 0 Å². The fourth-order valence-electron chi connectivity index (χ4n) is 1.58. The molecule has 0 saturated heterocycles. The molecule has 0 atom stereocenters. The van der Waals surface area contributed by atoms with Crippen LogP contribution in [0, 0.1) is 0 Å². The van der Waals surface area contributed by atoms with Crippen molar-refractivity contribution in [3.05, 3.63) is 12.4 Å². The van der Waals surface area contributed by atoms with Crippen molar-refractivity contribution in [1.82, 2.24) is 9.97 Å². The van der Waals surface area contributed by atoms with Crippen molar-refractivity contribution < 1.29 is 13.2 Å². The molecule has 0 saturated carbocycles. The van der Waals surface area contributed by atoms with Gasteiger partial charge < -0.3 is 10.2 Å². The van der Waals surface area contributed by atoms with E-state index in [0.717, 1.165) is 13.0 Å². The normalized spacial score (nSPS) is 11.7. The summed E-state index contributed by atoms with van der Waals surface area (Å²) in [7, 11) is 0. The summed E-state index contributed by atoms with van der Waals surface area (Å²) in [5, 5.41) is 3.03. The Hall–Kier alpha value is -1.53. The second-order valence-electron chi connectivity index (χ2n) is 4.53. The standard InChI is InChI=1S/C12H19F3N4/c1-4-5-16-10-6-11(18-8-17-10)19(9(2)3)7-12(13,14)15/h6,8-9H,4-5,7H2,1-3H3,(H,16,17,18). The van der Waals surface area contributed by atoms with E-state index in [2.05, 4.69) is 15.3 Å². The van der Waals surface area contributed by atoms with Crippen molar-refractivity contribution >= 4 is 11.6 Å². The minimum atomic E-state index is -4.26. The molecule has 1 rings (SSSR count). The van der Waals surface area contributed by atoms with E-state index in [-0.39, 0.29) is 11.9 Å². The van der Waals surface area contributed by atoms with E-state index >= 15 is 0 Å². The van der Waals surface area contributed by atoms with E-state index in [1.54, 1.807) is 19.9 Å². The first-order valence-electron chi connectivity index (χ1n) is 6.22. The number of nitrogens with one attached hydrogen (secondary N) is 1. The van der Waals surface area contributed by atoms with Gasteiger partial charge >= 0.3 is 6.18 Å². The van der Waals surface area contributed by atoms with Gasteiger partial charge in [-0.3, -0.25) is 0 Å². The van der Waals surface area contributed by atoms with Crippen LogP contribution in [0.3, 0.4) is 0 Å². The maximum absolute atomic E-state index is 12.6. The Labute approximate surface area is 111 Å². The highest BCUT2D eigenvalue weighted by molar-refractivity contribution is 5.49. The average Bonchev–Trinajstić information content (AvgIpc) is 2.32. The Morgan fingerprint density at radius 3 is 2.53 bits per heavy atom. The zero-order chi connectivity index (χ0) is 14.5.